The maximum absolute atomic E-state index is 12.2. The highest BCUT2D eigenvalue weighted by molar-refractivity contribution is 5.92. The van der Waals surface area contributed by atoms with Gasteiger partial charge in [-0.15, -0.1) is 0 Å². The van der Waals surface area contributed by atoms with Gasteiger partial charge in [-0.3, -0.25) is 9.78 Å². The number of anilines is 1. The summed E-state index contributed by atoms with van der Waals surface area (Å²) in [6.45, 7) is 3.96. The second kappa shape index (κ2) is 6.47. The molecule has 1 aromatic heterocycles. The number of nitrogens with one attached hydrogen (secondary N) is 1. The van der Waals surface area contributed by atoms with Crippen molar-refractivity contribution in [2.75, 3.05) is 45.6 Å². The molecule has 1 aliphatic heterocycles. The van der Waals surface area contributed by atoms with Crippen molar-refractivity contribution >= 4 is 11.7 Å². The molecule has 1 fully saturated rings. The monoisotopic (exact) mass is 263 g/mol. The standard InChI is InChI=1S/C13H21N5O/c1-14-12-10-15-9-11(16-12)13(19)17(2)7-8-18-5-3-4-6-18/h9-10H,3-8H2,1-2H3,(H,14,16). The molecule has 0 saturated carbocycles. The van der Waals surface area contributed by atoms with Gasteiger partial charge in [0.05, 0.1) is 12.4 Å². The van der Waals surface area contributed by atoms with E-state index in [1.165, 1.54) is 19.0 Å². The zero-order chi connectivity index (χ0) is 13.7. The first-order valence-corrected chi connectivity index (χ1v) is 6.68. The maximum atomic E-state index is 12.2. The highest BCUT2D eigenvalue weighted by Gasteiger charge is 2.16. The molecule has 0 bridgehead atoms. The molecule has 0 unspecified atom stereocenters. The molecule has 1 amide bonds. The number of carbonyl (C=O) groups is 1. The lowest BCUT2D eigenvalue weighted by molar-refractivity contribution is 0.0776. The van der Waals surface area contributed by atoms with Gasteiger partial charge in [0.15, 0.2) is 0 Å². The highest BCUT2D eigenvalue weighted by Crippen LogP contribution is 2.08. The van der Waals surface area contributed by atoms with Crippen molar-refractivity contribution in [3.05, 3.63) is 18.1 Å². The fraction of sp³-hybridized carbons (Fsp3) is 0.615. The summed E-state index contributed by atoms with van der Waals surface area (Å²) < 4.78 is 0. The molecule has 0 radical (unpaired) electrons. The van der Waals surface area contributed by atoms with Crippen molar-refractivity contribution in [1.29, 1.82) is 0 Å². The van der Waals surface area contributed by atoms with Crippen molar-refractivity contribution in [1.82, 2.24) is 19.8 Å². The quantitative estimate of drug-likeness (QED) is 0.846. The van der Waals surface area contributed by atoms with Gasteiger partial charge in [-0.2, -0.15) is 0 Å². The molecule has 104 valence electrons. The molecule has 0 aromatic carbocycles. The van der Waals surface area contributed by atoms with E-state index in [0.29, 0.717) is 11.5 Å². The Labute approximate surface area is 113 Å². The largest absolute Gasteiger partial charge is 0.372 e. The number of hydrogen-bond acceptors (Lipinski definition) is 5. The van der Waals surface area contributed by atoms with E-state index in [-0.39, 0.29) is 5.91 Å². The summed E-state index contributed by atoms with van der Waals surface area (Å²) in [4.78, 5) is 24.5. The molecule has 2 heterocycles. The average Bonchev–Trinajstić information content (AvgIpc) is 2.97. The van der Waals surface area contributed by atoms with Crippen LogP contribution in [0.4, 0.5) is 5.82 Å². The van der Waals surface area contributed by atoms with Gasteiger partial charge in [0.2, 0.25) is 0 Å². The van der Waals surface area contributed by atoms with Crippen molar-refractivity contribution < 1.29 is 4.79 Å². The van der Waals surface area contributed by atoms with E-state index in [0.717, 1.165) is 26.2 Å². The maximum Gasteiger partial charge on any atom is 0.273 e. The Hall–Kier alpha value is -1.69. The van der Waals surface area contributed by atoms with Crippen LogP contribution in [0.15, 0.2) is 12.4 Å². The van der Waals surface area contributed by atoms with Crippen molar-refractivity contribution in [2.45, 2.75) is 12.8 Å². The third kappa shape index (κ3) is 3.64. The summed E-state index contributed by atoms with van der Waals surface area (Å²) in [7, 11) is 3.57. The minimum atomic E-state index is -0.0798. The average molecular weight is 263 g/mol. The minimum Gasteiger partial charge on any atom is -0.372 e. The lowest BCUT2D eigenvalue weighted by atomic mass is 10.3. The van der Waals surface area contributed by atoms with E-state index in [9.17, 15) is 4.79 Å². The smallest absolute Gasteiger partial charge is 0.273 e. The normalized spacial score (nSPS) is 15.5. The molecule has 0 spiro atoms. The second-order valence-electron chi connectivity index (χ2n) is 4.82. The molecule has 6 heteroatoms. The van der Waals surface area contributed by atoms with E-state index < -0.39 is 0 Å². The second-order valence-corrected chi connectivity index (χ2v) is 4.82. The van der Waals surface area contributed by atoms with Gasteiger partial charge in [-0.25, -0.2) is 4.98 Å². The van der Waals surface area contributed by atoms with Crippen molar-refractivity contribution in [3.63, 3.8) is 0 Å². The van der Waals surface area contributed by atoms with Crippen LogP contribution in [-0.2, 0) is 0 Å². The van der Waals surface area contributed by atoms with Gasteiger partial charge >= 0.3 is 0 Å². The van der Waals surface area contributed by atoms with E-state index in [1.807, 2.05) is 7.05 Å². The van der Waals surface area contributed by atoms with Gasteiger partial charge in [0.25, 0.3) is 5.91 Å². The number of amides is 1. The van der Waals surface area contributed by atoms with Crippen LogP contribution in [0, 0.1) is 0 Å². The van der Waals surface area contributed by atoms with Crippen LogP contribution >= 0.6 is 0 Å². The molecule has 1 saturated heterocycles. The summed E-state index contributed by atoms with van der Waals surface area (Å²) in [6.07, 6.45) is 5.65. The van der Waals surface area contributed by atoms with Gasteiger partial charge in [0.1, 0.15) is 11.5 Å². The number of aromatic nitrogens is 2. The molecule has 1 aromatic rings. The molecule has 6 nitrogen and oxygen atoms in total. The van der Waals surface area contributed by atoms with Gasteiger partial charge in [0, 0.05) is 27.2 Å². The fourth-order valence-corrected chi connectivity index (χ4v) is 2.18. The van der Waals surface area contributed by atoms with E-state index in [2.05, 4.69) is 20.2 Å². The van der Waals surface area contributed by atoms with Crippen LogP contribution < -0.4 is 5.32 Å². The molecule has 19 heavy (non-hydrogen) atoms. The predicted molar refractivity (Wildman–Crippen MR) is 74.2 cm³/mol. The number of hydrogen-bond donors (Lipinski definition) is 1. The number of likely N-dealkylation sites (N-methyl/N-ethyl adjacent to an activating group) is 1. The Morgan fingerprint density at radius 1 is 1.42 bits per heavy atom. The van der Waals surface area contributed by atoms with E-state index in [1.54, 1.807) is 18.1 Å². The first-order chi connectivity index (χ1) is 9.20. The van der Waals surface area contributed by atoms with Crippen LogP contribution in [-0.4, -0.2) is 65.9 Å². The van der Waals surface area contributed by atoms with Crippen LogP contribution in [0.25, 0.3) is 0 Å². The third-order valence-corrected chi connectivity index (χ3v) is 3.41. The summed E-state index contributed by atoms with van der Waals surface area (Å²) in [5.41, 5.74) is 0.385. The molecule has 1 N–H and O–H groups in total. The lowest BCUT2D eigenvalue weighted by Crippen LogP contribution is -2.35. The van der Waals surface area contributed by atoms with Gasteiger partial charge in [-0.05, 0) is 25.9 Å². The van der Waals surface area contributed by atoms with Crippen LogP contribution in [0.1, 0.15) is 23.3 Å². The number of rotatable bonds is 5. The number of likely N-dealkylation sites (tertiary alicyclic amines) is 1. The summed E-state index contributed by atoms with van der Waals surface area (Å²) in [5, 5.41) is 2.89. The summed E-state index contributed by atoms with van der Waals surface area (Å²) in [5.74, 6) is 0.530. The minimum absolute atomic E-state index is 0.0798. The SMILES string of the molecule is CNc1cncc(C(=O)N(C)CCN2CCCC2)n1. The van der Waals surface area contributed by atoms with Gasteiger partial charge in [-0.1, -0.05) is 0 Å². The zero-order valence-corrected chi connectivity index (χ0v) is 11.6. The molecular weight excluding hydrogens is 242 g/mol. The first-order valence-electron chi connectivity index (χ1n) is 6.68. The predicted octanol–water partition coefficient (Wildman–Crippen LogP) is 0.686. The van der Waals surface area contributed by atoms with Crippen LogP contribution in [0.2, 0.25) is 0 Å². The molecule has 2 rings (SSSR count). The van der Waals surface area contributed by atoms with Crippen LogP contribution in [0.5, 0.6) is 0 Å². The fourth-order valence-electron chi connectivity index (χ4n) is 2.18. The van der Waals surface area contributed by atoms with Gasteiger partial charge < -0.3 is 15.1 Å². The van der Waals surface area contributed by atoms with E-state index in [4.69, 9.17) is 0 Å². The topological polar surface area (TPSA) is 61.4 Å². The lowest BCUT2D eigenvalue weighted by Gasteiger charge is -2.21. The van der Waals surface area contributed by atoms with E-state index >= 15 is 0 Å². The highest BCUT2D eigenvalue weighted by atomic mass is 16.2. The Morgan fingerprint density at radius 2 is 2.16 bits per heavy atom. The Morgan fingerprint density at radius 3 is 2.84 bits per heavy atom. The third-order valence-electron chi connectivity index (χ3n) is 3.41. The Bertz CT molecular complexity index is 431. The van der Waals surface area contributed by atoms with Crippen molar-refractivity contribution in [3.8, 4) is 0 Å². The first kappa shape index (κ1) is 13.7. The number of carbonyl (C=O) groups excluding carboxylic acids is 1. The number of nitrogens with zero attached hydrogens (tertiary/aromatic N) is 4. The molecular formula is C13H21N5O. The molecule has 0 atom stereocenters. The Kier molecular flexibility index (Phi) is 4.68. The summed E-state index contributed by atoms with van der Waals surface area (Å²) >= 11 is 0. The Balaban J connectivity index is 1.90. The van der Waals surface area contributed by atoms with Crippen LogP contribution in [0.3, 0.4) is 0 Å². The van der Waals surface area contributed by atoms with Crippen molar-refractivity contribution in [2.24, 2.45) is 0 Å². The zero-order valence-electron chi connectivity index (χ0n) is 11.6. The summed E-state index contributed by atoms with van der Waals surface area (Å²) in [6, 6.07) is 0. The molecule has 1 aliphatic rings. The molecule has 0 aliphatic carbocycles.